The van der Waals surface area contributed by atoms with E-state index in [2.05, 4.69) is 0 Å². The molecule has 0 fully saturated rings. The second kappa shape index (κ2) is 6.85. The summed E-state index contributed by atoms with van der Waals surface area (Å²) in [6.07, 6.45) is 1.06. The van der Waals surface area contributed by atoms with Crippen molar-refractivity contribution in [3.05, 3.63) is 29.8 Å². The van der Waals surface area contributed by atoms with Gasteiger partial charge in [-0.05, 0) is 24.1 Å². The smallest absolute Gasteiger partial charge is 0.306 e. The number of aryl methyl sites for hydroxylation is 1. The summed E-state index contributed by atoms with van der Waals surface area (Å²) in [5, 5.41) is 0. The van der Waals surface area contributed by atoms with Gasteiger partial charge >= 0.3 is 5.97 Å². The Bertz CT molecular complexity index is 322. The van der Waals surface area contributed by atoms with Crippen LogP contribution in [0, 0.1) is 0 Å². The summed E-state index contributed by atoms with van der Waals surface area (Å²) in [5.41, 5.74) is 7.37. The van der Waals surface area contributed by atoms with E-state index in [1.165, 1.54) is 0 Å². The summed E-state index contributed by atoms with van der Waals surface area (Å²) in [7, 11) is 1.57. The van der Waals surface area contributed by atoms with Gasteiger partial charge in [0.2, 0.25) is 0 Å². The summed E-state index contributed by atoms with van der Waals surface area (Å²) in [6.45, 7) is 0.755. The molecule has 0 saturated heterocycles. The molecule has 0 aromatic heterocycles. The van der Waals surface area contributed by atoms with Gasteiger partial charge in [-0.2, -0.15) is 0 Å². The maximum Gasteiger partial charge on any atom is 0.306 e. The number of rotatable bonds is 6. The van der Waals surface area contributed by atoms with Crippen LogP contribution in [0.4, 0.5) is 5.69 Å². The zero-order valence-corrected chi connectivity index (χ0v) is 9.44. The van der Waals surface area contributed by atoms with Gasteiger partial charge in [-0.1, -0.05) is 12.1 Å². The van der Waals surface area contributed by atoms with E-state index in [0.29, 0.717) is 26.1 Å². The van der Waals surface area contributed by atoms with E-state index in [1.807, 2.05) is 24.3 Å². The number of ether oxygens (including phenoxy) is 2. The Morgan fingerprint density at radius 1 is 1.25 bits per heavy atom. The van der Waals surface area contributed by atoms with Crippen LogP contribution >= 0.6 is 0 Å². The van der Waals surface area contributed by atoms with Gasteiger partial charge in [0, 0.05) is 19.2 Å². The third kappa shape index (κ3) is 4.79. The van der Waals surface area contributed by atoms with E-state index < -0.39 is 0 Å². The quantitative estimate of drug-likeness (QED) is 0.450. The predicted molar refractivity (Wildman–Crippen MR) is 62.0 cm³/mol. The Labute approximate surface area is 95.3 Å². The molecule has 0 spiro atoms. The van der Waals surface area contributed by atoms with Crippen LogP contribution in [0.15, 0.2) is 24.3 Å². The van der Waals surface area contributed by atoms with Crippen molar-refractivity contribution in [3.63, 3.8) is 0 Å². The Kier molecular flexibility index (Phi) is 5.36. The standard InChI is InChI=1S/C12H17NO3/c1-15-8-9-16-12(14)7-4-10-2-5-11(13)6-3-10/h2-3,5-6H,4,7-9,13H2,1H3. The molecule has 4 nitrogen and oxygen atoms in total. The number of nitrogens with two attached hydrogens (primary N) is 1. The fourth-order valence-electron chi connectivity index (χ4n) is 1.24. The first-order valence-corrected chi connectivity index (χ1v) is 5.21. The number of anilines is 1. The Hall–Kier alpha value is -1.55. The molecule has 88 valence electrons. The molecule has 0 radical (unpaired) electrons. The molecule has 0 heterocycles. The first kappa shape index (κ1) is 12.5. The summed E-state index contributed by atoms with van der Waals surface area (Å²) in [6, 6.07) is 7.48. The fourth-order valence-corrected chi connectivity index (χ4v) is 1.24. The molecule has 0 bridgehead atoms. The highest BCUT2D eigenvalue weighted by molar-refractivity contribution is 5.69. The number of benzene rings is 1. The summed E-state index contributed by atoms with van der Waals surface area (Å²) >= 11 is 0. The second-order valence-electron chi connectivity index (χ2n) is 3.45. The second-order valence-corrected chi connectivity index (χ2v) is 3.45. The van der Waals surface area contributed by atoms with E-state index >= 15 is 0 Å². The summed E-state index contributed by atoms with van der Waals surface area (Å²) in [4.78, 5) is 11.3. The lowest BCUT2D eigenvalue weighted by Gasteiger charge is -2.04. The van der Waals surface area contributed by atoms with E-state index in [1.54, 1.807) is 7.11 Å². The molecule has 16 heavy (non-hydrogen) atoms. The van der Waals surface area contributed by atoms with Gasteiger partial charge in [0.1, 0.15) is 6.61 Å². The molecular weight excluding hydrogens is 206 g/mol. The molecule has 1 rings (SSSR count). The molecular formula is C12H17NO3. The van der Waals surface area contributed by atoms with Crippen molar-refractivity contribution in [1.82, 2.24) is 0 Å². The number of hydrogen-bond donors (Lipinski definition) is 1. The van der Waals surface area contributed by atoms with Crippen LogP contribution in [-0.4, -0.2) is 26.3 Å². The van der Waals surface area contributed by atoms with Gasteiger partial charge in [0.05, 0.1) is 6.61 Å². The summed E-state index contributed by atoms with van der Waals surface area (Å²) in [5.74, 6) is -0.200. The molecule has 0 aliphatic heterocycles. The lowest BCUT2D eigenvalue weighted by Crippen LogP contribution is -2.10. The number of esters is 1. The zero-order valence-electron chi connectivity index (χ0n) is 9.44. The average Bonchev–Trinajstić information content (AvgIpc) is 2.29. The van der Waals surface area contributed by atoms with Gasteiger partial charge in [0.25, 0.3) is 0 Å². The molecule has 0 unspecified atom stereocenters. The number of nitrogen functional groups attached to an aromatic ring is 1. The van der Waals surface area contributed by atoms with Gasteiger partial charge in [-0.15, -0.1) is 0 Å². The molecule has 0 atom stereocenters. The normalized spacial score (nSPS) is 10.1. The Morgan fingerprint density at radius 2 is 1.94 bits per heavy atom. The Balaban J connectivity index is 2.23. The fraction of sp³-hybridized carbons (Fsp3) is 0.417. The maximum absolute atomic E-state index is 11.3. The highest BCUT2D eigenvalue weighted by atomic mass is 16.6. The molecule has 0 amide bonds. The lowest BCUT2D eigenvalue weighted by atomic mass is 10.1. The SMILES string of the molecule is COCCOC(=O)CCc1ccc(N)cc1. The molecule has 1 aromatic rings. The first-order chi connectivity index (χ1) is 7.72. The van der Waals surface area contributed by atoms with E-state index in [9.17, 15) is 4.79 Å². The minimum Gasteiger partial charge on any atom is -0.463 e. The van der Waals surface area contributed by atoms with Crippen LogP contribution in [-0.2, 0) is 20.7 Å². The maximum atomic E-state index is 11.3. The number of carbonyl (C=O) groups is 1. The largest absolute Gasteiger partial charge is 0.463 e. The van der Waals surface area contributed by atoms with Crippen LogP contribution in [0.1, 0.15) is 12.0 Å². The van der Waals surface area contributed by atoms with Gasteiger partial charge in [-0.3, -0.25) is 4.79 Å². The molecule has 1 aromatic carbocycles. The van der Waals surface area contributed by atoms with Gasteiger partial charge in [-0.25, -0.2) is 0 Å². The van der Waals surface area contributed by atoms with Crippen molar-refractivity contribution in [3.8, 4) is 0 Å². The highest BCUT2D eigenvalue weighted by Gasteiger charge is 2.03. The van der Waals surface area contributed by atoms with Crippen molar-refractivity contribution >= 4 is 11.7 Å². The lowest BCUT2D eigenvalue weighted by molar-refractivity contribution is -0.144. The predicted octanol–water partition coefficient (Wildman–Crippen LogP) is 1.39. The van der Waals surface area contributed by atoms with Crippen LogP contribution < -0.4 is 5.73 Å². The van der Waals surface area contributed by atoms with Crippen molar-refractivity contribution < 1.29 is 14.3 Å². The summed E-state index contributed by atoms with van der Waals surface area (Å²) < 4.78 is 9.72. The zero-order chi connectivity index (χ0) is 11.8. The highest BCUT2D eigenvalue weighted by Crippen LogP contribution is 2.07. The van der Waals surface area contributed by atoms with E-state index in [-0.39, 0.29) is 5.97 Å². The number of hydrogen-bond acceptors (Lipinski definition) is 4. The van der Waals surface area contributed by atoms with Crippen LogP contribution in [0.2, 0.25) is 0 Å². The third-order valence-corrected chi connectivity index (χ3v) is 2.15. The minimum absolute atomic E-state index is 0.200. The molecule has 4 heteroatoms. The topological polar surface area (TPSA) is 61.5 Å². The van der Waals surface area contributed by atoms with Gasteiger partial charge < -0.3 is 15.2 Å². The monoisotopic (exact) mass is 223 g/mol. The third-order valence-electron chi connectivity index (χ3n) is 2.15. The van der Waals surface area contributed by atoms with Gasteiger partial charge in [0.15, 0.2) is 0 Å². The molecule has 0 aliphatic rings. The van der Waals surface area contributed by atoms with E-state index in [4.69, 9.17) is 15.2 Å². The van der Waals surface area contributed by atoms with Crippen LogP contribution in [0.3, 0.4) is 0 Å². The van der Waals surface area contributed by atoms with Crippen molar-refractivity contribution in [2.45, 2.75) is 12.8 Å². The minimum atomic E-state index is -0.200. The van der Waals surface area contributed by atoms with Crippen molar-refractivity contribution in [2.24, 2.45) is 0 Å². The average molecular weight is 223 g/mol. The Morgan fingerprint density at radius 3 is 2.56 bits per heavy atom. The number of carbonyl (C=O) groups excluding carboxylic acids is 1. The van der Waals surface area contributed by atoms with Crippen molar-refractivity contribution in [1.29, 1.82) is 0 Å². The van der Waals surface area contributed by atoms with E-state index in [0.717, 1.165) is 11.3 Å². The van der Waals surface area contributed by atoms with Crippen molar-refractivity contribution in [2.75, 3.05) is 26.1 Å². The number of methoxy groups -OCH3 is 1. The molecule has 0 saturated carbocycles. The van der Waals surface area contributed by atoms with Crippen LogP contribution in [0.25, 0.3) is 0 Å². The molecule has 2 N–H and O–H groups in total. The first-order valence-electron chi connectivity index (χ1n) is 5.21. The van der Waals surface area contributed by atoms with Crippen LogP contribution in [0.5, 0.6) is 0 Å². The molecule has 0 aliphatic carbocycles.